The fourth-order valence-electron chi connectivity index (χ4n) is 2.30. The molecular formula is C25H31Cl3IN6O9Pd-. The number of rotatable bonds is 7. The first kappa shape index (κ1) is 46.7. The van der Waals surface area contributed by atoms with E-state index in [1.165, 1.54) is 30.7 Å². The summed E-state index contributed by atoms with van der Waals surface area (Å²) in [5, 5.41) is 31.8. The summed E-state index contributed by atoms with van der Waals surface area (Å²) in [6.07, 6.45) is 3.49. The van der Waals surface area contributed by atoms with Gasteiger partial charge < -0.3 is 21.9 Å². The van der Waals surface area contributed by atoms with Gasteiger partial charge in [-0.15, -0.1) is 0 Å². The zero-order valence-electron chi connectivity index (χ0n) is 24.9. The van der Waals surface area contributed by atoms with Gasteiger partial charge in [-0.05, 0) is 27.7 Å². The van der Waals surface area contributed by atoms with Gasteiger partial charge in [0.15, 0.2) is 0 Å². The van der Waals surface area contributed by atoms with E-state index in [9.17, 15) is 35.1 Å². The third kappa shape index (κ3) is 20.1. The van der Waals surface area contributed by atoms with Crippen LogP contribution in [0.1, 0.15) is 41.5 Å². The number of halogens is 4. The van der Waals surface area contributed by atoms with Crippen LogP contribution in [0.2, 0.25) is 15.1 Å². The molecule has 0 saturated carbocycles. The van der Waals surface area contributed by atoms with E-state index in [0.717, 1.165) is 9.99 Å². The van der Waals surface area contributed by atoms with Gasteiger partial charge in [-0.3, -0.25) is 35.1 Å². The van der Waals surface area contributed by atoms with Gasteiger partial charge in [0.05, 0.1) is 54.4 Å². The molecular weight excluding hydrogens is 868 g/mol. The van der Waals surface area contributed by atoms with Crippen LogP contribution in [0.25, 0.3) is 0 Å². The van der Waals surface area contributed by atoms with Crippen molar-refractivity contribution in [3.8, 4) is 11.8 Å². The second-order valence-corrected chi connectivity index (χ2v) is 12.4. The molecule has 3 aromatic heterocycles. The summed E-state index contributed by atoms with van der Waals surface area (Å²) < 4.78 is 11.1. The number of aromatic nitrogens is 3. The molecule has 20 heteroatoms. The maximum absolute atomic E-state index is 10.7. The summed E-state index contributed by atoms with van der Waals surface area (Å²) in [4.78, 5) is 49.6. The number of H-pyrrole nitrogens is 1. The molecule has 0 aliphatic carbocycles. The fraction of sp³-hybridized carbons (Fsp3) is 0.360. The van der Waals surface area contributed by atoms with Crippen molar-refractivity contribution >= 4 is 74.5 Å². The number of nitro groups is 3. The molecule has 3 aromatic rings. The second-order valence-electron chi connectivity index (χ2n) is 8.61. The van der Waals surface area contributed by atoms with Gasteiger partial charge in [0.2, 0.25) is 0 Å². The number of alkyl halides is 1. The molecule has 0 radical (unpaired) electrons. The van der Waals surface area contributed by atoms with Crippen LogP contribution in [-0.2, 0) is 20.4 Å². The molecule has 3 rings (SSSR count). The minimum Gasteiger partial charge on any atom is -0.470 e. The van der Waals surface area contributed by atoms with Crippen LogP contribution >= 0.6 is 57.4 Å². The van der Waals surface area contributed by atoms with Crippen LogP contribution in [-0.4, -0.2) is 45.9 Å². The predicted molar refractivity (Wildman–Crippen MR) is 178 cm³/mol. The molecule has 0 amide bonds. The molecule has 0 saturated heterocycles. The van der Waals surface area contributed by atoms with E-state index in [-0.39, 0.29) is 78.3 Å². The fourth-order valence-corrected chi connectivity index (χ4v) is 2.77. The van der Waals surface area contributed by atoms with Crippen molar-refractivity contribution < 1.29 is 44.7 Å². The van der Waals surface area contributed by atoms with Crippen molar-refractivity contribution in [2.45, 2.75) is 57.7 Å². The van der Waals surface area contributed by atoms with Crippen molar-refractivity contribution in [1.82, 2.24) is 15.0 Å². The topological polar surface area (TPSA) is 207 Å². The van der Waals surface area contributed by atoms with E-state index in [4.69, 9.17) is 44.3 Å². The quantitative estimate of drug-likeness (QED) is 0.0599. The predicted octanol–water partition coefficient (Wildman–Crippen LogP) is 8.07. The first-order chi connectivity index (χ1) is 19.8. The van der Waals surface area contributed by atoms with Crippen molar-refractivity contribution in [2.75, 3.05) is 0 Å². The van der Waals surface area contributed by atoms with Gasteiger partial charge in [-0.25, -0.2) is 9.97 Å². The Bertz CT molecular complexity index is 1380. The average Bonchev–Trinajstić information content (AvgIpc) is 2.87. The van der Waals surface area contributed by atoms with E-state index >= 15 is 0 Å². The molecule has 45 heavy (non-hydrogen) atoms. The number of hydrogen-bond donors (Lipinski definition) is 1. The molecule has 0 spiro atoms. The number of pyridine rings is 3. The van der Waals surface area contributed by atoms with Gasteiger partial charge in [-0.2, -0.15) is 0 Å². The largest absolute Gasteiger partial charge is 0.470 e. The van der Waals surface area contributed by atoms with Crippen LogP contribution in [0.5, 0.6) is 11.8 Å². The second kappa shape index (κ2) is 23.6. The van der Waals surface area contributed by atoms with Crippen molar-refractivity contribution in [3.05, 3.63) is 100.0 Å². The van der Waals surface area contributed by atoms with Crippen molar-refractivity contribution in [2.24, 2.45) is 0 Å². The van der Waals surface area contributed by atoms with E-state index < -0.39 is 26.0 Å². The van der Waals surface area contributed by atoms with E-state index in [2.05, 4.69) is 51.4 Å². The summed E-state index contributed by atoms with van der Waals surface area (Å²) in [5.74, 6) is -0.0104. The maximum atomic E-state index is 10.7. The Labute approximate surface area is 301 Å². The van der Waals surface area contributed by atoms with E-state index in [0.29, 0.717) is 0 Å². The monoisotopic (exact) mass is 897 g/mol. The molecule has 254 valence electrons. The molecule has 3 heterocycles. The van der Waals surface area contributed by atoms with E-state index in [1.807, 2.05) is 0 Å². The van der Waals surface area contributed by atoms with Gasteiger partial charge >= 0.3 is 22.6 Å². The van der Waals surface area contributed by atoms with Gasteiger partial charge in [0, 0.05) is 48.7 Å². The van der Waals surface area contributed by atoms with Crippen LogP contribution < -0.4 is 15.0 Å². The van der Waals surface area contributed by atoms with Crippen molar-refractivity contribution in [1.29, 1.82) is 0 Å². The molecule has 15 nitrogen and oxygen atoms in total. The first-order valence-electron chi connectivity index (χ1n) is 11.9. The molecule has 0 atom stereocenters. The summed E-state index contributed by atoms with van der Waals surface area (Å²) in [5.41, 5.74) is -1.73. The van der Waals surface area contributed by atoms with Crippen molar-refractivity contribution in [3.63, 3.8) is 0 Å². The summed E-state index contributed by atoms with van der Waals surface area (Å²) in [6, 6.07) is 3.43. The molecule has 1 N–H and O–H groups in total. The Hall–Kier alpha value is -2.69. The smallest absolute Gasteiger partial charge is 0.335 e. The minimum absolute atomic E-state index is 0. The standard InChI is InChI=1S/2C8H9ClN2O3.C5H3ClN2O3.C3H7I.CH3.Pd/c2*1-5(2)14-8-7(11(12)13)3-6(9)4-10-8;6-3-1-4(8(10)11)5(9)7-2-3;1-3(2)4;;/h2*3-5H,1-2H3;1-2H,(H,7,9);3H,1-2H3;1H3;/q;;;;-1;. The Morgan fingerprint density at radius 3 is 1.31 bits per heavy atom. The number of nitrogens with zero attached hydrogens (tertiary/aromatic N) is 5. The number of aromatic amines is 1. The first-order valence-corrected chi connectivity index (χ1v) is 14.3. The summed E-state index contributed by atoms with van der Waals surface area (Å²) >= 11 is 18.9. The Morgan fingerprint density at radius 1 is 0.733 bits per heavy atom. The van der Waals surface area contributed by atoms with Crippen LogP contribution in [0.15, 0.2) is 41.6 Å². The molecule has 0 bridgehead atoms. The number of nitrogens with one attached hydrogen (secondary N) is 1. The molecule has 0 unspecified atom stereocenters. The van der Waals surface area contributed by atoms with Crippen LogP contribution in [0, 0.1) is 37.8 Å². The third-order valence-electron chi connectivity index (χ3n) is 3.73. The van der Waals surface area contributed by atoms with Gasteiger partial charge in [-0.1, -0.05) is 71.2 Å². The molecule has 0 aliphatic heterocycles. The van der Waals surface area contributed by atoms with Gasteiger partial charge in [0.1, 0.15) is 0 Å². The van der Waals surface area contributed by atoms with E-state index in [1.54, 1.807) is 27.7 Å². The zero-order valence-corrected chi connectivity index (χ0v) is 30.9. The maximum Gasteiger partial charge on any atom is 0.335 e. The molecule has 0 aromatic carbocycles. The van der Waals surface area contributed by atoms with Gasteiger partial charge in [0.25, 0.3) is 11.8 Å². The minimum atomic E-state index is -0.787. The normalized spacial score (nSPS) is 9.53. The third-order valence-corrected chi connectivity index (χ3v) is 4.36. The Balaban J connectivity index is -0.000000546. The summed E-state index contributed by atoms with van der Waals surface area (Å²) in [6.45, 7) is 11.4. The zero-order chi connectivity index (χ0) is 33.4. The average molecular weight is 899 g/mol. The van der Waals surface area contributed by atoms with Crippen LogP contribution in [0.4, 0.5) is 17.1 Å². The molecule has 0 fully saturated rings. The number of ether oxygens (including phenoxy) is 2. The Kier molecular flexibility index (Phi) is 24.5. The number of hydrogen-bond acceptors (Lipinski definition) is 11. The molecule has 0 aliphatic rings. The van der Waals surface area contributed by atoms with Crippen LogP contribution in [0.3, 0.4) is 0 Å². The SMILES string of the molecule is CC(C)I.CC(C)Oc1ncc(Cl)cc1[N+](=O)[O-].CC(C)Oc1ncc(Cl)cc1[N+](=O)[O-].O=c1[nH]cc(Cl)cc1[N+](=O)[O-].[CH3-].[Pd]. The Morgan fingerprint density at radius 2 is 1.04 bits per heavy atom. The summed E-state index contributed by atoms with van der Waals surface area (Å²) in [7, 11) is 0.